The van der Waals surface area contributed by atoms with Crippen molar-refractivity contribution in [1.29, 1.82) is 0 Å². The lowest BCUT2D eigenvalue weighted by Crippen LogP contribution is -2.16. The van der Waals surface area contributed by atoms with E-state index in [2.05, 4.69) is 21.2 Å². The summed E-state index contributed by atoms with van der Waals surface area (Å²) in [6.07, 6.45) is 2.79. The Hall–Kier alpha value is -0.540. The molecule has 1 aromatic carbocycles. The second kappa shape index (κ2) is 4.32. The first-order valence-corrected chi connectivity index (χ1v) is 5.79. The number of halogens is 1. The van der Waals surface area contributed by atoms with E-state index in [9.17, 15) is 0 Å². The van der Waals surface area contributed by atoms with Gasteiger partial charge in [0.05, 0.1) is 0 Å². The maximum Gasteiger partial charge on any atom is 0.0318 e. The SMILES string of the molecule is Nc1ccc(Br)c(CNCC2CC2)c1. The van der Waals surface area contributed by atoms with E-state index in [1.165, 1.54) is 18.4 Å². The van der Waals surface area contributed by atoms with Crippen molar-refractivity contribution in [2.75, 3.05) is 12.3 Å². The standard InChI is InChI=1S/C11H15BrN2/c12-11-4-3-10(13)5-9(11)7-14-6-8-1-2-8/h3-5,8,14H,1-2,6-7,13H2. The molecule has 0 atom stereocenters. The minimum absolute atomic E-state index is 0.830. The molecule has 0 bridgehead atoms. The first-order chi connectivity index (χ1) is 6.75. The molecule has 1 fully saturated rings. The van der Waals surface area contributed by atoms with Crippen LogP contribution in [0.25, 0.3) is 0 Å². The molecule has 0 spiro atoms. The average molecular weight is 255 g/mol. The Morgan fingerprint density at radius 1 is 1.43 bits per heavy atom. The predicted molar refractivity (Wildman–Crippen MR) is 63.0 cm³/mol. The second-order valence-electron chi connectivity index (χ2n) is 3.93. The van der Waals surface area contributed by atoms with E-state index in [1.54, 1.807) is 0 Å². The number of rotatable bonds is 4. The summed E-state index contributed by atoms with van der Waals surface area (Å²) in [5.41, 5.74) is 7.79. The Bertz CT molecular complexity index is 321. The van der Waals surface area contributed by atoms with Gasteiger partial charge >= 0.3 is 0 Å². The minimum atomic E-state index is 0.830. The van der Waals surface area contributed by atoms with Crippen molar-refractivity contribution in [3.63, 3.8) is 0 Å². The van der Waals surface area contributed by atoms with E-state index in [4.69, 9.17) is 5.73 Å². The summed E-state index contributed by atoms with van der Waals surface area (Å²) in [6, 6.07) is 5.93. The van der Waals surface area contributed by atoms with Gasteiger partial charge in [0.1, 0.15) is 0 Å². The number of hydrogen-bond donors (Lipinski definition) is 2. The molecular weight excluding hydrogens is 240 g/mol. The smallest absolute Gasteiger partial charge is 0.0318 e. The summed E-state index contributed by atoms with van der Waals surface area (Å²) in [5.74, 6) is 0.926. The first kappa shape index (κ1) is 9.99. The minimum Gasteiger partial charge on any atom is -0.399 e. The maximum absolute atomic E-state index is 5.72. The summed E-state index contributed by atoms with van der Waals surface area (Å²) in [5, 5.41) is 3.45. The number of nitrogen functional groups attached to an aromatic ring is 1. The highest BCUT2D eigenvalue weighted by atomic mass is 79.9. The average Bonchev–Trinajstić information content (AvgIpc) is 2.95. The molecule has 3 N–H and O–H groups in total. The van der Waals surface area contributed by atoms with Gasteiger partial charge in [-0.25, -0.2) is 0 Å². The molecule has 0 unspecified atom stereocenters. The van der Waals surface area contributed by atoms with Gasteiger partial charge in [-0.15, -0.1) is 0 Å². The largest absolute Gasteiger partial charge is 0.399 e. The fraction of sp³-hybridized carbons (Fsp3) is 0.455. The summed E-state index contributed by atoms with van der Waals surface area (Å²) >= 11 is 3.52. The first-order valence-electron chi connectivity index (χ1n) is 5.00. The van der Waals surface area contributed by atoms with E-state index in [0.717, 1.165) is 29.2 Å². The van der Waals surface area contributed by atoms with Crippen LogP contribution < -0.4 is 11.1 Å². The lowest BCUT2D eigenvalue weighted by molar-refractivity contribution is 0.637. The summed E-state index contributed by atoms with van der Waals surface area (Å²) in [7, 11) is 0. The molecule has 0 aromatic heterocycles. The van der Waals surface area contributed by atoms with Gasteiger partial charge < -0.3 is 11.1 Å². The van der Waals surface area contributed by atoms with Crippen LogP contribution in [0.4, 0.5) is 5.69 Å². The van der Waals surface area contributed by atoms with Crippen molar-refractivity contribution in [2.24, 2.45) is 5.92 Å². The molecular formula is C11H15BrN2. The van der Waals surface area contributed by atoms with Crippen LogP contribution in [0.2, 0.25) is 0 Å². The molecule has 76 valence electrons. The van der Waals surface area contributed by atoms with Crippen LogP contribution in [0, 0.1) is 5.92 Å². The molecule has 14 heavy (non-hydrogen) atoms. The van der Waals surface area contributed by atoms with Crippen molar-refractivity contribution in [1.82, 2.24) is 5.32 Å². The third-order valence-electron chi connectivity index (χ3n) is 2.52. The fourth-order valence-corrected chi connectivity index (χ4v) is 1.85. The monoisotopic (exact) mass is 254 g/mol. The molecule has 1 aliphatic carbocycles. The Labute approximate surface area is 93.0 Å². The van der Waals surface area contributed by atoms with Crippen LogP contribution >= 0.6 is 15.9 Å². The van der Waals surface area contributed by atoms with Gasteiger partial charge in [-0.3, -0.25) is 0 Å². The molecule has 0 amide bonds. The Morgan fingerprint density at radius 3 is 2.93 bits per heavy atom. The highest BCUT2D eigenvalue weighted by molar-refractivity contribution is 9.10. The highest BCUT2D eigenvalue weighted by Gasteiger charge is 2.20. The molecule has 0 heterocycles. The van der Waals surface area contributed by atoms with E-state index in [0.29, 0.717) is 0 Å². The summed E-state index contributed by atoms with van der Waals surface area (Å²) in [6.45, 7) is 2.05. The second-order valence-corrected chi connectivity index (χ2v) is 4.78. The number of hydrogen-bond acceptors (Lipinski definition) is 2. The third-order valence-corrected chi connectivity index (χ3v) is 3.29. The zero-order valence-corrected chi connectivity index (χ0v) is 9.68. The summed E-state index contributed by atoms with van der Waals surface area (Å²) < 4.78 is 1.13. The Morgan fingerprint density at radius 2 is 2.21 bits per heavy atom. The van der Waals surface area contributed by atoms with Crippen LogP contribution in [-0.2, 0) is 6.54 Å². The van der Waals surface area contributed by atoms with Crippen LogP contribution in [-0.4, -0.2) is 6.54 Å². The van der Waals surface area contributed by atoms with Crippen LogP contribution in [0.1, 0.15) is 18.4 Å². The normalized spacial score (nSPS) is 15.8. The molecule has 2 rings (SSSR count). The third kappa shape index (κ3) is 2.72. The van der Waals surface area contributed by atoms with Crippen molar-refractivity contribution < 1.29 is 0 Å². The van der Waals surface area contributed by atoms with Crippen LogP contribution in [0.5, 0.6) is 0 Å². The lowest BCUT2D eigenvalue weighted by Gasteiger charge is -2.07. The molecule has 1 aliphatic rings. The molecule has 1 aromatic rings. The zero-order valence-electron chi connectivity index (χ0n) is 8.09. The molecule has 0 saturated heterocycles. The maximum atomic E-state index is 5.72. The van der Waals surface area contributed by atoms with Gasteiger partial charge in [0.2, 0.25) is 0 Å². The predicted octanol–water partition coefficient (Wildman–Crippen LogP) is 2.53. The van der Waals surface area contributed by atoms with Gasteiger partial charge in [0.15, 0.2) is 0 Å². The summed E-state index contributed by atoms with van der Waals surface area (Å²) in [4.78, 5) is 0. The molecule has 0 aliphatic heterocycles. The van der Waals surface area contributed by atoms with Gasteiger partial charge in [0, 0.05) is 16.7 Å². The van der Waals surface area contributed by atoms with E-state index >= 15 is 0 Å². The van der Waals surface area contributed by atoms with E-state index in [1.807, 2.05) is 18.2 Å². The van der Waals surface area contributed by atoms with Crippen molar-refractivity contribution in [2.45, 2.75) is 19.4 Å². The van der Waals surface area contributed by atoms with E-state index < -0.39 is 0 Å². The van der Waals surface area contributed by atoms with Gasteiger partial charge in [-0.1, -0.05) is 15.9 Å². The molecule has 1 saturated carbocycles. The molecule has 2 nitrogen and oxygen atoms in total. The lowest BCUT2D eigenvalue weighted by atomic mass is 10.2. The van der Waals surface area contributed by atoms with Crippen molar-refractivity contribution in [3.05, 3.63) is 28.2 Å². The van der Waals surface area contributed by atoms with Crippen LogP contribution in [0.3, 0.4) is 0 Å². The number of nitrogens with one attached hydrogen (secondary N) is 1. The highest BCUT2D eigenvalue weighted by Crippen LogP contribution is 2.28. The molecule has 3 heteroatoms. The quantitative estimate of drug-likeness (QED) is 0.811. The van der Waals surface area contributed by atoms with Crippen molar-refractivity contribution >= 4 is 21.6 Å². The van der Waals surface area contributed by atoms with E-state index in [-0.39, 0.29) is 0 Å². The van der Waals surface area contributed by atoms with Gasteiger partial charge in [-0.2, -0.15) is 0 Å². The zero-order chi connectivity index (χ0) is 9.97. The Kier molecular flexibility index (Phi) is 3.08. The molecule has 0 radical (unpaired) electrons. The van der Waals surface area contributed by atoms with Gasteiger partial charge in [-0.05, 0) is 49.1 Å². The van der Waals surface area contributed by atoms with Crippen LogP contribution in [0.15, 0.2) is 22.7 Å². The fourth-order valence-electron chi connectivity index (χ4n) is 1.46. The van der Waals surface area contributed by atoms with Crippen molar-refractivity contribution in [3.8, 4) is 0 Å². The number of anilines is 1. The Balaban J connectivity index is 1.89. The number of benzene rings is 1. The topological polar surface area (TPSA) is 38.0 Å². The van der Waals surface area contributed by atoms with Gasteiger partial charge in [0.25, 0.3) is 0 Å². The number of nitrogens with two attached hydrogens (primary N) is 1.